The molecule has 1 heterocycles. The fourth-order valence-corrected chi connectivity index (χ4v) is 2.70. The Morgan fingerprint density at radius 2 is 1.96 bits per heavy atom. The summed E-state index contributed by atoms with van der Waals surface area (Å²) in [6, 6.07) is 6.89. The van der Waals surface area contributed by atoms with Crippen molar-refractivity contribution in [2.24, 2.45) is 0 Å². The van der Waals surface area contributed by atoms with Gasteiger partial charge in [0.25, 0.3) is 0 Å². The molecule has 2 rings (SSSR count). The van der Waals surface area contributed by atoms with Gasteiger partial charge < -0.3 is 13.9 Å². The molecule has 1 aromatic carbocycles. The van der Waals surface area contributed by atoms with E-state index < -0.39 is 5.63 Å². The van der Waals surface area contributed by atoms with Gasteiger partial charge in [-0.05, 0) is 56.9 Å². The summed E-state index contributed by atoms with van der Waals surface area (Å²) in [4.78, 5) is 22.9. The molecule has 0 aliphatic carbocycles. The zero-order valence-electron chi connectivity index (χ0n) is 16.3. The van der Waals surface area contributed by atoms with E-state index in [4.69, 9.17) is 13.9 Å². The quantitative estimate of drug-likeness (QED) is 0.382. The van der Waals surface area contributed by atoms with Crippen molar-refractivity contribution in [3.8, 4) is 5.75 Å². The molecule has 0 N–H and O–H groups in total. The predicted molar refractivity (Wildman–Crippen MR) is 106 cm³/mol. The highest BCUT2D eigenvalue weighted by Crippen LogP contribution is 2.27. The van der Waals surface area contributed by atoms with Gasteiger partial charge in [-0.3, -0.25) is 4.79 Å². The number of allylic oxidation sites excluding steroid dienone is 2. The van der Waals surface area contributed by atoms with Crippen LogP contribution in [0.15, 0.2) is 56.8 Å². The maximum atomic E-state index is 11.8. The van der Waals surface area contributed by atoms with Crippen LogP contribution in [-0.2, 0) is 9.53 Å². The summed E-state index contributed by atoms with van der Waals surface area (Å²) in [5.41, 5.74) is 3.25. The zero-order valence-corrected chi connectivity index (χ0v) is 16.3. The highest BCUT2D eigenvalue weighted by atomic mass is 16.5. The van der Waals surface area contributed by atoms with Crippen molar-refractivity contribution in [1.29, 1.82) is 0 Å². The summed E-state index contributed by atoms with van der Waals surface area (Å²) in [5, 5.41) is 0.788. The number of hydrogen-bond donors (Lipinski definition) is 0. The Bertz CT molecular complexity index is 914. The summed E-state index contributed by atoms with van der Waals surface area (Å²) < 4.78 is 16.2. The summed E-state index contributed by atoms with van der Waals surface area (Å²) in [5.74, 6) is 0.179. The zero-order chi connectivity index (χ0) is 19.8. The van der Waals surface area contributed by atoms with Crippen molar-refractivity contribution < 1.29 is 18.7 Å². The van der Waals surface area contributed by atoms with E-state index >= 15 is 0 Å². The molecule has 0 amide bonds. The first-order valence-electron chi connectivity index (χ1n) is 8.97. The Hall–Kier alpha value is -2.82. The van der Waals surface area contributed by atoms with E-state index in [0.29, 0.717) is 11.3 Å². The van der Waals surface area contributed by atoms with Crippen LogP contribution in [0.3, 0.4) is 0 Å². The van der Waals surface area contributed by atoms with Gasteiger partial charge in [-0.2, -0.15) is 0 Å². The Morgan fingerprint density at radius 1 is 1.19 bits per heavy atom. The molecule has 1 aromatic heterocycles. The minimum atomic E-state index is -0.448. The standard InChI is InChI=1S/C22H26O5/c1-15(2)7-5-9-18(14-26-17(4)23)11-12-25-20-13-21(24)27-19-10-6-8-16(3)22(19)20/h6-8,10-11,13H,5,9,12,14H2,1-4H3/b18-11+. The number of fused-ring (bicyclic) bond motifs is 1. The normalized spacial score (nSPS) is 11.3. The topological polar surface area (TPSA) is 65.7 Å². The van der Waals surface area contributed by atoms with E-state index in [-0.39, 0.29) is 19.2 Å². The number of aryl methyl sites for hydroxylation is 1. The molecule has 0 aliphatic heterocycles. The second-order valence-electron chi connectivity index (χ2n) is 6.65. The van der Waals surface area contributed by atoms with Crippen molar-refractivity contribution in [3.63, 3.8) is 0 Å². The number of esters is 1. The Kier molecular flexibility index (Phi) is 7.41. The second-order valence-corrected chi connectivity index (χ2v) is 6.65. The average molecular weight is 370 g/mol. The van der Waals surface area contributed by atoms with Crippen molar-refractivity contribution >= 4 is 16.9 Å². The Balaban J connectivity index is 2.16. The van der Waals surface area contributed by atoms with Crippen LogP contribution in [0.5, 0.6) is 5.75 Å². The van der Waals surface area contributed by atoms with Crippen LogP contribution in [0.1, 0.15) is 39.2 Å². The van der Waals surface area contributed by atoms with Crippen molar-refractivity contribution in [2.45, 2.75) is 40.5 Å². The Morgan fingerprint density at radius 3 is 2.67 bits per heavy atom. The van der Waals surface area contributed by atoms with E-state index in [9.17, 15) is 9.59 Å². The second kappa shape index (κ2) is 9.76. The molecule has 0 spiro atoms. The van der Waals surface area contributed by atoms with Gasteiger partial charge in [-0.15, -0.1) is 0 Å². The van der Waals surface area contributed by atoms with Crippen LogP contribution in [0, 0.1) is 6.92 Å². The van der Waals surface area contributed by atoms with Gasteiger partial charge in [0.15, 0.2) is 0 Å². The lowest BCUT2D eigenvalue weighted by molar-refractivity contribution is -0.140. The molecule has 0 saturated heterocycles. The highest BCUT2D eigenvalue weighted by Gasteiger charge is 2.09. The molecule has 27 heavy (non-hydrogen) atoms. The largest absolute Gasteiger partial charge is 0.488 e. The van der Waals surface area contributed by atoms with Gasteiger partial charge in [0, 0.05) is 6.92 Å². The number of rotatable bonds is 8. The molecule has 0 radical (unpaired) electrons. The molecule has 0 fully saturated rings. The lowest BCUT2D eigenvalue weighted by Gasteiger charge is -2.10. The van der Waals surface area contributed by atoms with E-state index in [1.165, 1.54) is 18.6 Å². The molecule has 0 unspecified atom stereocenters. The van der Waals surface area contributed by atoms with Crippen LogP contribution < -0.4 is 10.4 Å². The third kappa shape index (κ3) is 6.44. The molecule has 0 aliphatic rings. The minimum Gasteiger partial charge on any atom is -0.488 e. The van der Waals surface area contributed by atoms with Crippen molar-refractivity contribution in [2.75, 3.05) is 13.2 Å². The molecule has 0 bridgehead atoms. The van der Waals surface area contributed by atoms with E-state index in [1.807, 2.05) is 39.0 Å². The van der Waals surface area contributed by atoms with E-state index in [0.717, 1.165) is 29.4 Å². The number of carbonyl (C=O) groups excluding carboxylic acids is 1. The summed E-state index contributed by atoms with van der Waals surface area (Å²) in [7, 11) is 0. The van der Waals surface area contributed by atoms with Gasteiger partial charge in [-0.25, -0.2) is 4.79 Å². The van der Waals surface area contributed by atoms with Crippen LogP contribution >= 0.6 is 0 Å². The third-order valence-corrected chi connectivity index (χ3v) is 4.03. The number of benzene rings is 1. The lowest BCUT2D eigenvalue weighted by Crippen LogP contribution is -2.06. The minimum absolute atomic E-state index is 0.242. The van der Waals surface area contributed by atoms with Gasteiger partial charge in [0.05, 0.1) is 11.5 Å². The third-order valence-electron chi connectivity index (χ3n) is 4.03. The molecule has 0 atom stereocenters. The first-order valence-corrected chi connectivity index (χ1v) is 8.97. The van der Waals surface area contributed by atoms with Gasteiger partial charge in [0.1, 0.15) is 24.5 Å². The van der Waals surface area contributed by atoms with Crippen LogP contribution in [-0.4, -0.2) is 19.2 Å². The average Bonchev–Trinajstić information content (AvgIpc) is 2.58. The first-order chi connectivity index (χ1) is 12.9. The molecular formula is C22H26O5. The van der Waals surface area contributed by atoms with Crippen molar-refractivity contribution in [1.82, 2.24) is 0 Å². The Labute approximate surface area is 159 Å². The number of hydrogen-bond acceptors (Lipinski definition) is 5. The molecular weight excluding hydrogens is 344 g/mol. The van der Waals surface area contributed by atoms with Gasteiger partial charge >= 0.3 is 11.6 Å². The molecule has 0 saturated carbocycles. The van der Waals surface area contributed by atoms with Crippen molar-refractivity contribution in [3.05, 3.63) is 63.5 Å². The smallest absolute Gasteiger partial charge is 0.339 e. The molecule has 5 nitrogen and oxygen atoms in total. The van der Waals surface area contributed by atoms with Gasteiger partial charge in [0.2, 0.25) is 0 Å². The molecule has 2 aromatic rings. The molecule has 5 heteroatoms. The summed E-state index contributed by atoms with van der Waals surface area (Å²) >= 11 is 0. The fraction of sp³-hybridized carbons (Fsp3) is 0.364. The fourth-order valence-electron chi connectivity index (χ4n) is 2.70. The monoisotopic (exact) mass is 370 g/mol. The SMILES string of the molecule is CC(=O)OC/C(=C/COc1cc(=O)oc2cccc(C)c12)CCC=C(C)C. The molecule has 144 valence electrons. The van der Waals surface area contributed by atoms with Crippen LogP contribution in [0.25, 0.3) is 11.0 Å². The predicted octanol–water partition coefficient (Wildman–Crippen LogP) is 4.72. The lowest BCUT2D eigenvalue weighted by atomic mass is 10.1. The van der Waals surface area contributed by atoms with Crippen LogP contribution in [0.2, 0.25) is 0 Å². The van der Waals surface area contributed by atoms with Crippen LogP contribution in [0.4, 0.5) is 0 Å². The highest BCUT2D eigenvalue weighted by molar-refractivity contribution is 5.86. The summed E-state index contributed by atoms with van der Waals surface area (Å²) in [6.45, 7) is 7.95. The van der Waals surface area contributed by atoms with E-state index in [1.54, 1.807) is 6.07 Å². The number of ether oxygens (including phenoxy) is 2. The summed E-state index contributed by atoms with van der Waals surface area (Å²) in [6.07, 6.45) is 5.69. The van der Waals surface area contributed by atoms with Gasteiger partial charge in [-0.1, -0.05) is 23.8 Å². The van der Waals surface area contributed by atoms with E-state index in [2.05, 4.69) is 6.08 Å². The first kappa shape index (κ1) is 20.5. The maximum Gasteiger partial charge on any atom is 0.339 e. The number of carbonyl (C=O) groups is 1. The maximum absolute atomic E-state index is 11.8.